The highest BCUT2D eigenvalue weighted by molar-refractivity contribution is 5.68. The Hall–Kier alpha value is -5.26. The van der Waals surface area contributed by atoms with Gasteiger partial charge in [-0.2, -0.15) is 20.0 Å². The van der Waals surface area contributed by atoms with Gasteiger partial charge in [-0.3, -0.25) is 9.59 Å². The normalized spacial score (nSPS) is 8.57. The van der Waals surface area contributed by atoms with Gasteiger partial charge in [0.2, 0.25) is 24.3 Å². The number of carboxylic acids is 2. The molecule has 0 aliphatic rings. The number of isocyanates is 4. The van der Waals surface area contributed by atoms with E-state index in [0.29, 0.717) is 41.2 Å². The van der Waals surface area contributed by atoms with Crippen LogP contribution >= 0.6 is 0 Å². The summed E-state index contributed by atoms with van der Waals surface area (Å²) in [6.07, 6.45) is 8.15. The zero-order chi connectivity index (χ0) is 35.6. The third-order valence-electron chi connectivity index (χ3n) is 4.84. The van der Waals surface area contributed by atoms with Gasteiger partial charge in [0, 0.05) is 31.6 Å². The van der Waals surface area contributed by atoms with Crippen LogP contribution in [-0.2, 0) is 28.8 Å². The van der Waals surface area contributed by atoms with Crippen LogP contribution < -0.4 is 0 Å². The first kappa shape index (κ1) is 45.2. The third-order valence-corrected chi connectivity index (χ3v) is 4.84. The van der Waals surface area contributed by atoms with Crippen molar-refractivity contribution >= 4 is 59.0 Å². The van der Waals surface area contributed by atoms with Crippen LogP contribution in [0.2, 0.25) is 0 Å². The fourth-order valence-corrected chi connectivity index (χ4v) is 2.62. The number of aliphatic imine (C=N–C) groups is 4. The Balaban J connectivity index is -0.000000531. The molecule has 0 aromatic heterocycles. The average Bonchev–Trinajstić information content (AvgIpc) is 3.03. The predicted octanol–water partition coefficient (Wildman–Crippen LogP) is 3.30. The molecule has 16 heteroatoms. The molecule has 0 fully saturated rings. The molecule has 16 nitrogen and oxygen atoms in total. The lowest BCUT2D eigenvalue weighted by Gasteiger charge is -1.99. The summed E-state index contributed by atoms with van der Waals surface area (Å²) < 4.78 is 0. The molecule has 0 saturated carbocycles. The fourth-order valence-electron chi connectivity index (χ4n) is 2.62. The van der Waals surface area contributed by atoms with E-state index in [-0.39, 0.29) is 39.3 Å². The molecule has 250 valence electrons. The maximum atomic E-state index is 10.00. The van der Waals surface area contributed by atoms with E-state index in [0.717, 1.165) is 18.4 Å². The number of aliphatic carboxylic acids is 2. The number of aryl methyl sites for hydroxylation is 1. The van der Waals surface area contributed by atoms with Crippen LogP contribution in [0, 0.1) is 13.8 Å². The number of aliphatic hydroxyl groups excluding tert-OH is 4. The first-order chi connectivity index (χ1) is 22.0. The highest BCUT2D eigenvalue weighted by atomic mass is 16.4. The van der Waals surface area contributed by atoms with Gasteiger partial charge in [-0.05, 0) is 69.4 Å². The number of carboxylic acid groups (broad SMARTS) is 2. The smallest absolute Gasteiger partial charge is 0.303 e. The van der Waals surface area contributed by atoms with Crippen molar-refractivity contribution in [2.45, 2.75) is 52.4 Å². The van der Waals surface area contributed by atoms with Gasteiger partial charge in [-0.15, -0.1) is 0 Å². The van der Waals surface area contributed by atoms with Gasteiger partial charge in [0.15, 0.2) is 0 Å². The van der Waals surface area contributed by atoms with Crippen LogP contribution in [0.15, 0.2) is 56.4 Å². The molecule has 0 saturated heterocycles. The Kier molecular flexibility index (Phi) is 32.1. The molecule has 0 heterocycles. The van der Waals surface area contributed by atoms with Crippen LogP contribution in [0.4, 0.5) is 22.7 Å². The zero-order valence-electron chi connectivity index (χ0n) is 25.5. The van der Waals surface area contributed by atoms with E-state index in [1.807, 2.05) is 0 Å². The first-order valence-electron chi connectivity index (χ1n) is 13.4. The minimum atomic E-state index is -0.870. The quantitative estimate of drug-likeness (QED) is 0.104. The molecule has 2 aromatic carbocycles. The molecule has 0 aliphatic carbocycles. The molecule has 46 heavy (non-hydrogen) atoms. The molecule has 0 radical (unpaired) electrons. The number of benzene rings is 2. The first-order valence-corrected chi connectivity index (χ1v) is 13.4. The lowest BCUT2D eigenvalue weighted by Crippen LogP contribution is -1.97. The average molecular weight is 647 g/mol. The molecular weight excluding hydrogens is 608 g/mol. The van der Waals surface area contributed by atoms with Crippen molar-refractivity contribution in [2.75, 3.05) is 26.4 Å². The molecule has 0 amide bonds. The molecule has 0 unspecified atom stereocenters. The van der Waals surface area contributed by atoms with Crippen molar-refractivity contribution in [1.29, 1.82) is 0 Å². The van der Waals surface area contributed by atoms with Gasteiger partial charge in [0.25, 0.3) is 0 Å². The zero-order valence-corrected chi connectivity index (χ0v) is 25.5. The van der Waals surface area contributed by atoms with E-state index in [1.165, 1.54) is 30.4 Å². The number of unbranched alkanes of at least 4 members (excludes halogenated alkanes) is 2. The van der Waals surface area contributed by atoms with Crippen molar-refractivity contribution in [3.63, 3.8) is 0 Å². The van der Waals surface area contributed by atoms with Gasteiger partial charge >= 0.3 is 11.9 Å². The van der Waals surface area contributed by atoms with E-state index in [4.69, 9.17) is 30.6 Å². The molecule has 0 spiro atoms. The van der Waals surface area contributed by atoms with E-state index in [2.05, 4.69) is 20.0 Å². The number of rotatable bonds is 13. The number of hydrogen-bond donors (Lipinski definition) is 6. The standard InChI is InChI=1S/2C9H6N2O2.C6H10O4.C4H10O2.C2H6O2/c1-7-2-3-8(10-5-12)4-9(7)11-6-13;1-7-8(10-5-12)3-2-4-9(7)11-6-13;7-5(8)3-1-2-4-6(9)10;5-3-1-2-4-6;3-1-2-4/h2*2-4H,1H3;1-4H2,(H,7,8)(H,9,10);5-6H,1-4H2;3-4H,1-2H2. The highest BCUT2D eigenvalue weighted by Gasteiger charge is 2.01. The number of hydrogen-bond acceptors (Lipinski definition) is 14. The molecule has 0 atom stereocenters. The lowest BCUT2D eigenvalue weighted by atomic mass is 10.1. The number of carbonyl (C=O) groups excluding carboxylic acids is 4. The summed E-state index contributed by atoms with van der Waals surface area (Å²) in [5, 5.41) is 47.7. The van der Waals surface area contributed by atoms with Crippen LogP contribution in [0.5, 0.6) is 0 Å². The monoisotopic (exact) mass is 646 g/mol. The Morgan fingerprint density at radius 1 is 0.587 bits per heavy atom. The van der Waals surface area contributed by atoms with Crippen LogP contribution in [0.25, 0.3) is 0 Å². The molecule has 0 bridgehead atoms. The topological polar surface area (TPSA) is 273 Å². The van der Waals surface area contributed by atoms with E-state index >= 15 is 0 Å². The number of carbonyl (C=O) groups is 2. The van der Waals surface area contributed by atoms with E-state index < -0.39 is 11.9 Å². The second kappa shape index (κ2) is 32.6. The van der Waals surface area contributed by atoms with Crippen molar-refractivity contribution in [3.8, 4) is 0 Å². The van der Waals surface area contributed by atoms with E-state index in [1.54, 1.807) is 44.2 Å². The summed E-state index contributed by atoms with van der Waals surface area (Å²) in [6, 6.07) is 9.81. The number of nitrogens with zero attached hydrogens (tertiary/aromatic N) is 4. The highest BCUT2D eigenvalue weighted by Crippen LogP contribution is 2.27. The van der Waals surface area contributed by atoms with Gasteiger partial charge in [-0.25, -0.2) is 19.2 Å². The summed E-state index contributed by atoms with van der Waals surface area (Å²) in [5.74, 6) is -1.74. The van der Waals surface area contributed by atoms with Crippen LogP contribution in [-0.4, -0.2) is 93.3 Å². The summed E-state index contributed by atoms with van der Waals surface area (Å²) >= 11 is 0. The van der Waals surface area contributed by atoms with Crippen LogP contribution in [0.3, 0.4) is 0 Å². The minimum absolute atomic E-state index is 0.0628. The Labute approximate surface area is 264 Å². The second-order valence-corrected chi connectivity index (χ2v) is 8.30. The Bertz CT molecular complexity index is 1280. The largest absolute Gasteiger partial charge is 0.481 e. The maximum absolute atomic E-state index is 10.00. The van der Waals surface area contributed by atoms with E-state index in [9.17, 15) is 28.8 Å². The van der Waals surface area contributed by atoms with Gasteiger partial charge in [0.05, 0.1) is 36.0 Å². The summed E-state index contributed by atoms with van der Waals surface area (Å²) in [4.78, 5) is 73.5. The molecule has 2 rings (SSSR count). The molecule has 2 aromatic rings. The van der Waals surface area contributed by atoms with Gasteiger partial charge < -0.3 is 30.6 Å². The van der Waals surface area contributed by atoms with Gasteiger partial charge in [-0.1, -0.05) is 12.1 Å². The minimum Gasteiger partial charge on any atom is -0.481 e. The Morgan fingerprint density at radius 3 is 1.35 bits per heavy atom. The second-order valence-electron chi connectivity index (χ2n) is 8.30. The van der Waals surface area contributed by atoms with Crippen molar-refractivity contribution in [2.24, 2.45) is 20.0 Å². The summed E-state index contributed by atoms with van der Waals surface area (Å²) in [7, 11) is 0. The van der Waals surface area contributed by atoms with Crippen molar-refractivity contribution in [1.82, 2.24) is 0 Å². The molecule has 0 aliphatic heterocycles. The predicted molar refractivity (Wildman–Crippen MR) is 165 cm³/mol. The Morgan fingerprint density at radius 2 is 1.00 bits per heavy atom. The summed E-state index contributed by atoms with van der Waals surface area (Å²) in [6.45, 7) is 3.65. The SMILES string of the molecule is Cc1c(N=C=O)cccc1N=C=O.Cc1ccc(N=C=O)cc1N=C=O.O=C(O)CCCCC(=O)O.OCCCCO.OCCO. The van der Waals surface area contributed by atoms with Crippen LogP contribution in [0.1, 0.15) is 49.7 Å². The third kappa shape index (κ3) is 27.6. The van der Waals surface area contributed by atoms with Crippen molar-refractivity contribution in [3.05, 3.63) is 47.5 Å². The van der Waals surface area contributed by atoms with Crippen molar-refractivity contribution < 1.29 is 59.4 Å². The van der Waals surface area contributed by atoms with Gasteiger partial charge in [0.1, 0.15) is 0 Å². The summed E-state index contributed by atoms with van der Waals surface area (Å²) in [5.41, 5.74) is 3.31. The fraction of sp³-hybridized carbons (Fsp3) is 0.400. The lowest BCUT2D eigenvalue weighted by molar-refractivity contribution is -0.139. The maximum Gasteiger partial charge on any atom is 0.303 e. The number of aliphatic hydroxyl groups is 4. The molecule has 6 N–H and O–H groups in total. The molecular formula is C30H38N4O12.